The Morgan fingerprint density at radius 2 is 1.72 bits per heavy atom. The lowest BCUT2D eigenvalue weighted by Gasteiger charge is -2.18. The minimum atomic E-state index is -0.365. The normalized spacial score (nSPS) is 10.3. The molecule has 1 amide bonds. The van der Waals surface area contributed by atoms with E-state index in [1.165, 1.54) is 7.11 Å². The molecule has 0 aromatic rings. The number of rotatable bonds is 8. The van der Waals surface area contributed by atoms with Crippen molar-refractivity contribution in [2.24, 2.45) is 5.92 Å². The number of esters is 1. The van der Waals surface area contributed by atoms with Crippen LogP contribution in [0.25, 0.3) is 0 Å². The number of carbonyl (C=O) groups is 3. The molecule has 0 bridgehead atoms. The van der Waals surface area contributed by atoms with Gasteiger partial charge in [0.05, 0.1) is 13.5 Å². The maximum atomic E-state index is 11.6. The molecule has 0 saturated carbocycles. The van der Waals surface area contributed by atoms with Gasteiger partial charge in [-0.05, 0) is 6.42 Å². The molecule has 0 aliphatic carbocycles. The summed E-state index contributed by atoms with van der Waals surface area (Å²) >= 11 is 0. The molecule has 5 heteroatoms. The molecule has 0 aromatic heterocycles. The van der Waals surface area contributed by atoms with Crippen LogP contribution in [0.5, 0.6) is 0 Å². The highest BCUT2D eigenvalue weighted by Crippen LogP contribution is 2.04. The number of carbonyl (C=O) groups excluding carboxylic acids is 3. The first-order valence-electron chi connectivity index (χ1n) is 6.22. The number of amides is 1. The first-order valence-corrected chi connectivity index (χ1v) is 6.22. The van der Waals surface area contributed by atoms with Gasteiger partial charge in [0.15, 0.2) is 0 Å². The highest BCUT2D eigenvalue weighted by atomic mass is 16.5. The third-order valence-electron chi connectivity index (χ3n) is 2.65. The van der Waals surface area contributed by atoms with Crippen LogP contribution in [0.15, 0.2) is 0 Å². The molecule has 104 valence electrons. The molecule has 0 aliphatic heterocycles. The van der Waals surface area contributed by atoms with Crippen LogP contribution in [-0.4, -0.2) is 43.3 Å². The van der Waals surface area contributed by atoms with Gasteiger partial charge in [-0.1, -0.05) is 13.8 Å². The molecule has 0 atom stereocenters. The average molecular weight is 257 g/mol. The topological polar surface area (TPSA) is 63.7 Å². The summed E-state index contributed by atoms with van der Waals surface area (Å²) in [5, 5.41) is 0. The van der Waals surface area contributed by atoms with Crippen LogP contribution in [0.3, 0.4) is 0 Å². The van der Waals surface area contributed by atoms with Crippen LogP contribution < -0.4 is 0 Å². The predicted molar refractivity (Wildman–Crippen MR) is 68.0 cm³/mol. The summed E-state index contributed by atoms with van der Waals surface area (Å²) < 4.78 is 4.46. The summed E-state index contributed by atoms with van der Waals surface area (Å²) in [6, 6.07) is 0. The third kappa shape index (κ3) is 7.04. The van der Waals surface area contributed by atoms with E-state index in [0.29, 0.717) is 19.4 Å². The summed E-state index contributed by atoms with van der Waals surface area (Å²) in [5.74, 6) is -0.275. The van der Waals surface area contributed by atoms with E-state index in [1.807, 2.05) is 13.8 Å². The minimum Gasteiger partial charge on any atom is -0.469 e. The van der Waals surface area contributed by atoms with Crippen LogP contribution in [0.4, 0.5) is 0 Å². The summed E-state index contributed by atoms with van der Waals surface area (Å²) in [7, 11) is 3.04. The lowest BCUT2D eigenvalue weighted by Crippen LogP contribution is -2.31. The summed E-state index contributed by atoms with van der Waals surface area (Å²) in [6.07, 6.45) is 1.38. The molecule has 0 rings (SSSR count). The molecule has 0 aromatic carbocycles. The SMILES string of the molecule is COC(=O)CCC(=O)CCCN(C)C(=O)C(C)C. The second-order valence-electron chi connectivity index (χ2n) is 4.63. The zero-order valence-electron chi connectivity index (χ0n) is 11.7. The van der Waals surface area contributed by atoms with Crippen LogP contribution in [-0.2, 0) is 19.1 Å². The Morgan fingerprint density at radius 1 is 1.11 bits per heavy atom. The van der Waals surface area contributed by atoms with Gasteiger partial charge in [-0.25, -0.2) is 0 Å². The fourth-order valence-electron chi connectivity index (χ4n) is 1.53. The van der Waals surface area contributed by atoms with Crippen molar-refractivity contribution in [2.75, 3.05) is 20.7 Å². The van der Waals surface area contributed by atoms with Gasteiger partial charge < -0.3 is 9.64 Å². The van der Waals surface area contributed by atoms with E-state index < -0.39 is 0 Å². The van der Waals surface area contributed by atoms with E-state index in [1.54, 1.807) is 11.9 Å². The quantitative estimate of drug-likeness (QED) is 0.617. The molecule has 0 unspecified atom stereocenters. The van der Waals surface area contributed by atoms with E-state index in [2.05, 4.69) is 4.74 Å². The van der Waals surface area contributed by atoms with Crippen molar-refractivity contribution >= 4 is 17.7 Å². The van der Waals surface area contributed by atoms with E-state index in [4.69, 9.17) is 0 Å². The highest BCUT2D eigenvalue weighted by Gasteiger charge is 2.13. The number of ketones is 1. The van der Waals surface area contributed by atoms with E-state index in [-0.39, 0.29) is 36.4 Å². The number of Topliss-reactive ketones (excluding diaryl/α,β-unsaturated/α-hetero) is 1. The Bertz CT molecular complexity index is 299. The van der Waals surface area contributed by atoms with Gasteiger partial charge in [0.25, 0.3) is 0 Å². The van der Waals surface area contributed by atoms with Crippen LogP contribution in [0.2, 0.25) is 0 Å². The molecular formula is C13H23NO4. The number of ether oxygens (including phenoxy) is 1. The second-order valence-corrected chi connectivity index (χ2v) is 4.63. The average Bonchev–Trinajstić information content (AvgIpc) is 2.34. The molecular weight excluding hydrogens is 234 g/mol. The van der Waals surface area contributed by atoms with Crippen molar-refractivity contribution in [3.8, 4) is 0 Å². The van der Waals surface area contributed by atoms with Gasteiger partial charge >= 0.3 is 5.97 Å². The van der Waals surface area contributed by atoms with Crippen LogP contribution in [0.1, 0.15) is 39.5 Å². The summed E-state index contributed by atoms with van der Waals surface area (Å²) in [6.45, 7) is 4.27. The lowest BCUT2D eigenvalue weighted by atomic mass is 10.1. The molecule has 0 heterocycles. The first kappa shape index (κ1) is 16.6. The Kier molecular flexibility index (Phi) is 8.00. The van der Waals surface area contributed by atoms with E-state index in [0.717, 1.165) is 0 Å². The molecule has 0 aliphatic rings. The monoisotopic (exact) mass is 257 g/mol. The maximum absolute atomic E-state index is 11.6. The fraction of sp³-hybridized carbons (Fsp3) is 0.769. The fourth-order valence-corrected chi connectivity index (χ4v) is 1.53. The zero-order chi connectivity index (χ0) is 14.1. The number of methoxy groups -OCH3 is 1. The van der Waals surface area contributed by atoms with Crippen molar-refractivity contribution < 1.29 is 19.1 Å². The highest BCUT2D eigenvalue weighted by molar-refractivity contribution is 5.83. The van der Waals surface area contributed by atoms with Gasteiger partial charge in [-0.2, -0.15) is 0 Å². The van der Waals surface area contributed by atoms with E-state index >= 15 is 0 Å². The second kappa shape index (κ2) is 8.66. The van der Waals surface area contributed by atoms with Crippen molar-refractivity contribution in [3.05, 3.63) is 0 Å². The largest absolute Gasteiger partial charge is 0.469 e. The van der Waals surface area contributed by atoms with Crippen LogP contribution in [0, 0.1) is 5.92 Å². The molecule has 0 radical (unpaired) electrons. The minimum absolute atomic E-state index is 0.0231. The van der Waals surface area contributed by atoms with Crippen molar-refractivity contribution in [1.82, 2.24) is 4.90 Å². The maximum Gasteiger partial charge on any atom is 0.305 e. The number of nitrogens with zero attached hydrogens (tertiary/aromatic N) is 1. The standard InChI is InChI=1S/C13H23NO4/c1-10(2)13(17)14(3)9-5-6-11(15)7-8-12(16)18-4/h10H,5-9H2,1-4H3. The first-order chi connectivity index (χ1) is 8.38. The van der Waals surface area contributed by atoms with Crippen molar-refractivity contribution in [2.45, 2.75) is 39.5 Å². The summed E-state index contributed by atoms with van der Waals surface area (Å²) in [4.78, 5) is 35.5. The van der Waals surface area contributed by atoms with E-state index in [9.17, 15) is 14.4 Å². The molecule has 0 fully saturated rings. The Balaban J connectivity index is 3.74. The Labute approximate surface area is 108 Å². The Hall–Kier alpha value is -1.39. The third-order valence-corrected chi connectivity index (χ3v) is 2.65. The molecule has 0 saturated heterocycles. The van der Waals surface area contributed by atoms with Gasteiger partial charge in [0.2, 0.25) is 5.91 Å². The van der Waals surface area contributed by atoms with Crippen molar-refractivity contribution in [3.63, 3.8) is 0 Å². The van der Waals surface area contributed by atoms with Gasteiger partial charge in [-0.3, -0.25) is 14.4 Å². The lowest BCUT2D eigenvalue weighted by molar-refractivity contribution is -0.141. The smallest absolute Gasteiger partial charge is 0.305 e. The summed E-state index contributed by atoms with van der Waals surface area (Å²) in [5.41, 5.74) is 0. The van der Waals surface area contributed by atoms with Crippen molar-refractivity contribution in [1.29, 1.82) is 0 Å². The molecule has 5 nitrogen and oxygen atoms in total. The van der Waals surface area contributed by atoms with Gasteiger partial charge in [0, 0.05) is 32.4 Å². The zero-order valence-corrected chi connectivity index (χ0v) is 11.7. The van der Waals surface area contributed by atoms with Gasteiger partial charge in [-0.15, -0.1) is 0 Å². The number of hydrogen-bond acceptors (Lipinski definition) is 4. The number of hydrogen-bond donors (Lipinski definition) is 0. The predicted octanol–water partition coefficient (Wildman–Crippen LogP) is 1.40. The Morgan fingerprint density at radius 3 is 2.22 bits per heavy atom. The van der Waals surface area contributed by atoms with Crippen LogP contribution >= 0.6 is 0 Å². The van der Waals surface area contributed by atoms with Gasteiger partial charge in [0.1, 0.15) is 5.78 Å². The molecule has 18 heavy (non-hydrogen) atoms. The molecule has 0 spiro atoms. The molecule has 0 N–H and O–H groups in total.